The van der Waals surface area contributed by atoms with Crippen LogP contribution in [0.3, 0.4) is 0 Å². The second-order valence-electron chi connectivity index (χ2n) is 4.59. The van der Waals surface area contributed by atoms with Crippen LogP contribution in [0, 0.1) is 0 Å². The van der Waals surface area contributed by atoms with Crippen molar-refractivity contribution >= 4 is 12.0 Å². The van der Waals surface area contributed by atoms with Crippen LogP contribution in [0.5, 0.6) is 0 Å². The molecule has 1 unspecified atom stereocenters. The summed E-state index contributed by atoms with van der Waals surface area (Å²) in [5.74, 6) is -0.283. The van der Waals surface area contributed by atoms with Crippen LogP contribution in [-0.2, 0) is 9.53 Å². The van der Waals surface area contributed by atoms with Gasteiger partial charge in [-0.2, -0.15) is 0 Å². The molecule has 2 rings (SSSR count). The third-order valence-corrected chi connectivity index (χ3v) is 3.12. The first-order valence-electron chi connectivity index (χ1n) is 6.89. The van der Waals surface area contributed by atoms with Crippen LogP contribution in [0.1, 0.15) is 17.2 Å². The van der Waals surface area contributed by atoms with Gasteiger partial charge in [0, 0.05) is 6.54 Å². The van der Waals surface area contributed by atoms with Gasteiger partial charge in [-0.1, -0.05) is 72.8 Å². The number of ether oxygens (including phenoxy) is 1. The molecule has 0 heterocycles. The maximum Gasteiger partial charge on any atom is 0.327 e. The molecule has 0 saturated heterocycles. The summed E-state index contributed by atoms with van der Waals surface area (Å²) in [6.45, 7) is 0.587. The fraction of sp³-hybridized carbons (Fsp3) is 0.167. The van der Waals surface area contributed by atoms with Gasteiger partial charge in [-0.15, -0.1) is 0 Å². The van der Waals surface area contributed by atoms with Crippen LogP contribution >= 0.6 is 0 Å². The van der Waals surface area contributed by atoms with Gasteiger partial charge in [0.05, 0.1) is 7.11 Å². The molecule has 0 aliphatic heterocycles. The lowest BCUT2D eigenvalue weighted by molar-refractivity contribution is -0.143. The van der Waals surface area contributed by atoms with Crippen LogP contribution in [0.25, 0.3) is 6.08 Å². The van der Waals surface area contributed by atoms with Crippen LogP contribution in [0.15, 0.2) is 66.7 Å². The Kier molecular flexibility index (Phi) is 5.73. The monoisotopic (exact) mass is 281 g/mol. The Labute approximate surface area is 125 Å². The van der Waals surface area contributed by atoms with Gasteiger partial charge in [0.2, 0.25) is 0 Å². The topological polar surface area (TPSA) is 38.3 Å². The van der Waals surface area contributed by atoms with E-state index >= 15 is 0 Å². The number of esters is 1. The third-order valence-electron chi connectivity index (χ3n) is 3.12. The van der Waals surface area contributed by atoms with Gasteiger partial charge in [-0.3, -0.25) is 5.32 Å². The molecule has 0 amide bonds. The number of hydrogen-bond acceptors (Lipinski definition) is 3. The Bertz CT molecular complexity index is 579. The molecule has 0 aromatic heterocycles. The molecule has 0 fully saturated rings. The molecule has 3 nitrogen and oxygen atoms in total. The Morgan fingerprint density at radius 3 is 2.33 bits per heavy atom. The quantitative estimate of drug-likeness (QED) is 0.826. The standard InChI is InChI=1S/C18H19NO2/c1-21-18(20)17(16-12-6-3-7-13-16)19-14-8-11-15-9-4-2-5-10-15/h2-13,17,19H,14H2,1H3/b11-8+. The molecule has 0 spiro atoms. The molecule has 0 aliphatic rings. The average molecular weight is 281 g/mol. The highest BCUT2D eigenvalue weighted by molar-refractivity contribution is 5.77. The number of nitrogens with one attached hydrogen (secondary N) is 1. The summed E-state index contributed by atoms with van der Waals surface area (Å²) >= 11 is 0. The van der Waals surface area contributed by atoms with E-state index < -0.39 is 6.04 Å². The fourth-order valence-electron chi connectivity index (χ4n) is 2.05. The summed E-state index contributed by atoms with van der Waals surface area (Å²) in [6.07, 6.45) is 4.01. The Hall–Kier alpha value is -2.39. The first kappa shape index (κ1) is 15.0. The van der Waals surface area contributed by atoms with E-state index in [0.29, 0.717) is 6.54 Å². The zero-order chi connectivity index (χ0) is 14.9. The lowest BCUT2D eigenvalue weighted by Crippen LogP contribution is -2.29. The number of hydrogen-bond donors (Lipinski definition) is 1. The normalized spacial score (nSPS) is 12.2. The van der Waals surface area contributed by atoms with Crippen LogP contribution < -0.4 is 5.32 Å². The molecule has 0 saturated carbocycles. The second-order valence-corrected chi connectivity index (χ2v) is 4.59. The largest absolute Gasteiger partial charge is 0.468 e. The summed E-state index contributed by atoms with van der Waals surface area (Å²) < 4.78 is 4.86. The maximum atomic E-state index is 11.9. The molecule has 0 aliphatic carbocycles. The number of rotatable bonds is 6. The lowest BCUT2D eigenvalue weighted by Gasteiger charge is -2.15. The summed E-state index contributed by atoms with van der Waals surface area (Å²) in [5, 5.41) is 3.20. The summed E-state index contributed by atoms with van der Waals surface area (Å²) in [5.41, 5.74) is 2.03. The molecule has 21 heavy (non-hydrogen) atoms. The molecular formula is C18H19NO2. The molecule has 0 radical (unpaired) electrons. The SMILES string of the molecule is COC(=O)C(NC/C=C/c1ccccc1)c1ccccc1. The van der Waals surface area contributed by atoms with Crippen molar-refractivity contribution in [1.82, 2.24) is 5.32 Å². The molecule has 1 atom stereocenters. The summed E-state index contributed by atoms with van der Waals surface area (Å²) in [6, 6.07) is 19.2. The van der Waals surface area contributed by atoms with E-state index in [2.05, 4.69) is 5.32 Å². The van der Waals surface area contributed by atoms with Crippen molar-refractivity contribution in [3.8, 4) is 0 Å². The number of carbonyl (C=O) groups excluding carboxylic acids is 1. The smallest absolute Gasteiger partial charge is 0.327 e. The number of methoxy groups -OCH3 is 1. The van der Waals surface area contributed by atoms with E-state index in [4.69, 9.17) is 4.74 Å². The zero-order valence-corrected chi connectivity index (χ0v) is 12.0. The van der Waals surface area contributed by atoms with E-state index in [-0.39, 0.29) is 5.97 Å². The van der Waals surface area contributed by atoms with Gasteiger partial charge in [-0.05, 0) is 11.1 Å². The molecule has 108 valence electrons. The highest BCUT2D eigenvalue weighted by Gasteiger charge is 2.19. The van der Waals surface area contributed by atoms with Crippen molar-refractivity contribution in [2.45, 2.75) is 6.04 Å². The van der Waals surface area contributed by atoms with Crippen molar-refractivity contribution in [3.63, 3.8) is 0 Å². The Balaban J connectivity index is 1.97. The fourth-order valence-corrected chi connectivity index (χ4v) is 2.05. The van der Waals surface area contributed by atoms with Crippen molar-refractivity contribution in [3.05, 3.63) is 77.9 Å². The van der Waals surface area contributed by atoms with Crippen LogP contribution in [0.4, 0.5) is 0 Å². The Morgan fingerprint density at radius 2 is 1.71 bits per heavy atom. The molecule has 3 heteroatoms. The van der Waals surface area contributed by atoms with Gasteiger partial charge in [-0.25, -0.2) is 4.79 Å². The van der Waals surface area contributed by atoms with Gasteiger partial charge in [0.1, 0.15) is 6.04 Å². The van der Waals surface area contributed by atoms with E-state index in [0.717, 1.165) is 11.1 Å². The molecule has 1 N–H and O–H groups in total. The Morgan fingerprint density at radius 1 is 1.10 bits per heavy atom. The molecule has 2 aromatic rings. The summed E-state index contributed by atoms with van der Waals surface area (Å²) in [7, 11) is 1.40. The first-order valence-corrected chi connectivity index (χ1v) is 6.89. The third kappa shape index (κ3) is 4.58. The molecular weight excluding hydrogens is 262 g/mol. The lowest BCUT2D eigenvalue weighted by atomic mass is 10.1. The van der Waals surface area contributed by atoms with E-state index in [1.807, 2.05) is 72.8 Å². The first-order chi connectivity index (χ1) is 10.3. The maximum absolute atomic E-state index is 11.9. The second kappa shape index (κ2) is 8.02. The van der Waals surface area contributed by atoms with Gasteiger partial charge in [0.25, 0.3) is 0 Å². The average Bonchev–Trinajstić information content (AvgIpc) is 2.56. The molecule has 2 aromatic carbocycles. The van der Waals surface area contributed by atoms with E-state index in [9.17, 15) is 4.79 Å². The van der Waals surface area contributed by atoms with Crippen LogP contribution in [0.2, 0.25) is 0 Å². The van der Waals surface area contributed by atoms with Gasteiger partial charge in [0.15, 0.2) is 0 Å². The van der Waals surface area contributed by atoms with Gasteiger partial charge >= 0.3 is 5.97 Å². The van der Waals surface area contributed by atoms with Crippen molar-refractivity contribution in [1.29, 1.82) is 0 Å². The van der Waals surface area contributed by atoms with E-state index in [1.54, 1.807) is 0 Å². The van der Waals surface area contributed by atoms with Crippen molar-refractivity contribution in [2.75, 3.05) is 13.7 Å². The number of carbonyl (C=O) groups is 1. The van der Waals surface area contributed by atoms with Crippen molar-refractivity contribution in [2.24, 2.45) is 0 Å². The highest BCUT2D eigenvalue weighted by atomic mass is 16.5. The predicted molar refractivity (Wildman–Crippen MR) is 84.7 cm³/mol. The minimum absolute atomic E-state index is 0.283. The van der Waals surface area contributed by atoms with E-state index in [1.165, 1.54) is 7.11 Å². The minimum atomic E-state index is -0.448. The minimum Gasteiger partial charge on any atom is -0.468 e. The van der Waals surface area contributed by atoms with Crippen molar-refractivity contribution < 1.29 is 9.53 Å². The zero-order valence-electron chi connectivity index (χ0n) is 12.0. The van der Waals surface area contributed by atoms with Gasteiger partial charge < -0.3 is 4.74 Å². The molecule has 0 bridgehead atoms. The summed E-state index contributed by atoms with van der Waals surface area (Å²) in [4.78, 5) is 11.9. The number of benzene rings is 2. The highest BCUT2D eigenvalue weighted by Crippen LogP contribution is 2.13. The predicted octanol–water partition coefficient (Wildman–Crippen LogP) is 3.20. The van der Waals surface area contributed by atoms with Crippen LogP contribution in [-0.4, -0.2) is 19.6 Å².